The molecule has 0 aromatic carbocycles. The lowest BCUT2D eigenvalue weighted by Gasteiger charge is -2.37. The number of ether oxygens (including phenoxy) is 1. The van der Waals surface area contributed by atoms with Gasteiger partial charge in [-0.25, -0.2) is 0 Å². The van der Waals surface area contributed by atoms with E-state index in [-0.39, 0.29) is 23.6 Å². The fraction of sp³-hybridized carbons (Fsp3) is 0.923. The molecule has 3 aliphatic rings. The normalized spacial score (nSPS) is 45.2. The zero-order valence-electron chi connectivity index (χ0n) is 10.7. The van der Waals surface area contributed by atoms with Crippen molar-refractivity contribution in [2.24, 2.45) is 11.8 Å². The molecule has 3 saturated heterocycles. The fourth-order valence-corrected chi connectivity index (χ4v) is 4.03. The van der Waals surface area contributed by atoms with Crippen LogP contribution < -0.4 is 0 Å². The molecule has 0 radical (unpaired) electrons. The first-order valence-corrected chi connectivity index (χ1v) is 6.54. The molecule has 3 heterocycles. The van der Waals surface area contributed by atoms with Gasteiger partial charge in [0.05, 0.1) is 12.2 Å². The van der Waals surface area contributed by atoms with Crippen LogP contribution in [0.25, 0.3) is 0 Å². The Labute approximate surface area is 102 Å². The van der Waals surface area contributed by atoms with Crippen LogP contribution in [0.4, 0.5) is 0 Å². The summed E-state index contributed by atoms with van der Waals surface area (Å²) in [6.45, 7) is 7.19. The SMILES string of the molecule is CC(C)(C)N1CC2C3CCC(O3)C2C1C(=O)O. The Hall–Kier alpha value is -0.610. The highest BCUT2D eigenvalue weighted by molar-refractivity contribution is 5.75. The lowest BCUT2D eigenvalue weighted by Crippen LogP contribution is -2.51. The smallest absolute Gasteiger partial charge is 0.321 e. The van der Waals surface area contributed by atoms with E-state index in [4.69, 9.17) is 4.74 Å². The average Bonchev–Trinajstić information content (AvgIpc) is 2.86. The van der Waals surface area contributed by atoms with Gasteiger partial charge in [0.2, 0.25) is 0 Å². The van der Waals surface area contributed by atoms with E-state index >= 15 is 0 Å². The molecular weight excluding hydrogens is 218 g/mol. The molecule has 3 aliphatic heterocycles. The van der Waals surface area contributed by atoms with Crippen molar-refractivity contribution in [1.82, 2.24) is 4.90 Å². The molecule has 0 saturated carbocycles. The summed E-state index contributed by atoms with van der Waals surface area (Å²) in [6.07, 6.45) is 2.68. The van der Waals surface area contributed by atoms with E-state index in [0.717, 1.165) is 19.4 Å². The topological polar surface area (TPSA) is 49.8 Å². The summed E-state index contributed by atoms with van der Waals surface area (Å²) in [5, 5.41) is 9.52. The Morgan fingerprint density at radius 3 is 2.53 bits per heavy atom. The monoisotopic (exact) mass is 239 g/mol. The Morgan fingerprint density at radius 2 is 1.94 bits per heavy atom. The summed E-state index contributed by atoms with van der Waals surface area (Å²) >= 11 is 0. The van der Waals surface area contributed by atoms with Gasteiger partial charge in [-0.05, 0) is 33.6 Å². The van der Waals surface area contributed by atoms with Crippen LogP contribution in [0.15, 0.2) is 0 Å². The van der Waals surface area contributed by atoms with Gasteiger partial charge in [0.1, 0.15) is 6.04 Å². The summed E-state index contributed by atoms with van der Waals surface area (Å²) in [6, 6.07) is -0.352. The highest BCUT2D eigenvalue weighted by Crippen LogP contribution is 2.51. The number of carboxylic acid groups (broad SMARTS) is 1. The molecule has 0 amide bonds. The highest BCUT2D eigenvalue weighted by atomic mass is 16.5. The van der Waals surface area contributed by atoms with Gasteiger partial charge >= 0.3 is 5.97 Å². The zero-order chi connectivity index (χ0) is 12.4. The molecule has 0 aromatic rings. The number of hydrogen-bond donors (Lipinski definition) is 1. The number of nitrogens with zero attached hydrogens (tertiary/aromatic N) is 1. The number of hydrogen-bond acceptors (Lipinski definition) is 3. The van der Waals surface area contributed by atoms with Crippen molar-refractivity contribution in [1.29, 1.82) is 0 Å². The Balaban J connectivity index is 1.93. The average molecular weight is 239 g/mol. The molecule has 0 aromatic heterocycles. The maximum Gasteiger partial charge on any atom is 0.321 e. The van der Waals surface area contributed by atoms with Crippen molar-refractivity contribution in [2.45, 2.75) is 57.4 Å². The minimum Gasteiger partial charge on any atom is -0.480 e. The number of likely N-dealkylation sites (tertiary alicyclic amines) is 1. The van der Waals surface area contributed by atoms with Gasteiger partial charge in [-0.2, -0.15) is 0 Å². The third-order valence-electron chi connectivity index (χ3n) is 4.71. The van der Waals surface area contributed by atoms with Gasteiger partial charge in [0.15, 0.2) is 0 Å². The van der Waals surface area contributed by atoms with Crippen LogP contribution >= 0.6 is 0 Å². The molecule has 5 unspecified atom stereocenters. The molecule has 17 heavy (non-hydrogen) atoms. The van der Waals surface area contributed by atoms with Crippen molar-refractivity contribution in [2.75, 3.05) is 6.54 Å². The second-order valence-electron chi connectivity index (χ2n) is 6.64. The third kappa shape index (κ3) is 1.54. The summed E-state index contributed by atoms with van der Waals surface area (Å²) in [7, 11) is 0. The van der Waals surface area contributed by atoms with Crippen molar-refractivity contribution in [3.63, 3.8) is 0 Å². The van der Waals surface area contributed by atoms with Crippen LogP contribution in [0.1, 0.15) is 33.6 Å². The van der Waals surface area contributed by atoms with Gasteiger partial charge < -0.3 is 9.84 Å². The predicted molar refractivity (Wildman–Crippen MR) is 62.8 cm³/mol. The van der Waals surface area contributed by atoms with Crippen LogP contribution in [0.5, 0.6) is 0 Å². The lowest BCUT2D eigenvalue weighted by atomic mass is 9.78. The lowest BCUT2D eigenvalue weighted by molar-refractivity contribution is -0.146. The van der Waals surface area contributed by atoms with Gasteiger partial charge in [0.25, 0.3) is 0 Å². The van der Waals surface area contributed by atoms with Gasteiger partial charge in [-0.1, -0.05) is 0 Å². The molecule has 0 spiro atoms. The molecular formula is C13H21NO3. The summed E-state index contributed by atoms with van der Waals surface area (Å²) in [5.41, 5.74) is -0.0766. The standard InChI is InChI=1S/C13H21NO3/c1-13(2,3)14-6-7-8-4-5-9(17-8)10(7)11(14)12(15)16/h7-11H,4-6H2,1-3H3,(H,15,16). The quantitative estimate of drug-likeness (QED) is 0.750. The second kappa shape index (κ2) is 3.45. The van der Waals surface area contributed by atoms with E-state index < -0.39 is 5.97 Å². The van der Waals surface area contributed by atoms with Crippen LogP contribution in [-0.4, -0.2) is 46.3 Å². The molecule has 96 valence electrons. The zero-order valence-corrected chi connectivity index (χ0v) is 10.7. The van der Waals surface area contributed by atoms with E-state index in [1.165, 1.54) is 0 Å². The van der Waals surface area contributed by atoms with Crippen LogP contribution in [0.3, 0.4) is 0 Å². The number of fused-ring (bicyclic) bond motifs is 5. The maximum atomic E-state index is 11.6. The Morgan fingerprint density at radius 1 is 1.29 bits per heavy atom. The van der Waals surface area contributed by atoms with E-state index in [1.807, 2.05) is 0 Å². The molecule has 1 N–H and O–H groups in total. The van der Waals surface area contributed by atoms with E-state index in [1.54, 1.807) is 0 Å². The molecule has 2 bridgehead atoms. The summed E-state index contributed by atoms with van der Waals surface area (Å²) < 4.78 is 5.89. The minimum atomic E-state index is -0.677. The van der Waals surface area contributed by atoms with Crippen LogP contribution in [-0.2, 0) is 9.53 Å². The second-order valence-corrected chi connectivity index (χ2v) is 6.64. The summed E-state index contributed by atoms with van der Waals surface area (Å²) in [4.78, 5) is 13.7. The molecule has 4 heteroatoms. The minimum absolute atomic E-state index is 0.0766. The Kier molecular flexibility index (Phi) is 2.33. The first kappa shape index (κ1) is 11.5. The molecule has 5 atom stereocenters. The van der Waals surface area contributed by atoms with Crippen molar-refractivity contribution < 1.29 is 14.6 Å². The molecule has 3 fully saturated rings. The van der Waals surface area contributed by atoms with Crippen LogP contribution in [0, 0.1) is 11.8 Å². The number of aliphatic carboxylic acids is 1. The van der Waals surface area contributed by atoms with Crippen molar-refractivity contribution in [3.8, 4) is 0 Å². The molecule has 0 aliphatic carbocycles. The first-order valence-electron chi connectivity index (χ1n) is 6.54. The van der Waals surface area contributed by atoms with Gasteiger partial charge in [-0.3, -0.25) is 9.69 Å². The summed E-state index contributed by atoms with van der Waals surface area (Å²) in [5.74, 6) is -0.0249. The first-order chi connectivity index (χ1) is 7.89. The fourth-order valence-electron chi connectivity index (χ4n) is 4.03. The number of carbonyl (C=O) groups is 1. The van der Waals surface area contributed by atoms with E-state index in [2.05, 4.69) is 25.7 Å². The molecule has 4 nitrogen and oxygen atoms in total. The van der Waals surface area contributed by atoms with Crippen molar-refractivity contribution >= 4 is 5.97 Å². The van der Waals surface area contributed by atoms with Crippen LogP contribution in [0.2, 0.25) is 0 Å². The molecule has 3 rings (SSSR count). The van der Waals surface area contributed by atoms with Gasteiger partial charge in [-0.15, -0.1) is 0 Å². The Bertz CT molecular complexity index is 347. The number of rotatable bonds is 1. The highest BCUT2D eigenvalue weighted by Gasteiger charge is 2.61. The largest absolute Gasteiger partial charge is 0.480 e. The number of carboxylic acids is 1. The third-order valence-corrected chi connectivity index (χ3v) is 4.71. The predicted octanol–water partition coefficient (Wildman–Crippen LogP) is 1.35. The van der Waals surface area contributed by atoms with Gasteiger partial charge in [0, 0.05) is 23.9 Å². The van der Waals surface area contributed by atoms with E-state index in [9.17, 15) is 9.90 Å². The maximum absolute atomic E-state index is 11.6. The van der Waals surface area contributed by atoms with Crippen molar-refractivity contribution in [3.05, 3.63) is 0 Å². The van der Waals surface area contributed by atoms with E-state index in [0.29, 0.717) is 12.0 Å².